The lowest BCUT2D eigenvalue weighted by Crippen LogP contribution is -2.42. The summed E-state index contributed by atoms with van der Waals surface area (Å²) in [6.45, 7) is 3.95. The van der Waals surface area contributed by atoms with Crippen LogP contribution in [0.15, 0.2) is 0 Å². The van der Waals surface area contributed by atoms with Gasteiger partial charge in [0.15, 0.2) is 0 Å². The van der Waals surface area contributed by atoms with E-state index in [1.54, 1.807) is 6.92 Å². The number of amides is 2. The van der Waals surface area contributed by atoms with Gasteiger partial charge in [-0.25, -0.2) is 4.79 Å². The molecule has 2 unspecified atom stereocenters. The zero-order valence-electron chi connectivity index (χ0n) is 9.62. The third kappa shape index (κ3) is 6.71. The Bertz CT molecular complexity index is 283. The smallest absolute Gasteiger partial charge is 0.315 e. The molecule has 0 aromatic heterocycles. The Kier molecular flexibility index (Phi) is 6.77. The Balaban J connectivity index is 3.81. The van der Waals surface area contributed by atoms with E-state index in [1.807, 2.05) is 6.92 Å². The highest BCUT2D eigenvalue weighted by molar-refractivity contribution is 5.74. The van der Waals surface area contributed by atoms with Crippen LogP contribution in [0.25, 0.3) is 0 Å². The lowest BCUT2D eigenvalue weighted by Gasteiger charge is -2.14. The number of urea groups is 1. The highest BCUT2D eigenvalue weighted by atomic mass is 16.4. The van der Waals surface area contributed by atoms with Crippen molar-refractivity contribution in [1.82, 2.24) is 10.6 Å². The zero-order valence-corrected chi connectivity index (χ0v) is 9.62. The van der Waals surface area contributed by atoms with Crippen LogP contribution in [-0.2, 0) is 4.79 Å². The average molecular weight is 226 g/mol. The van der Waals surface area contributed by atoms with E-state index in [0.717, 1.165) is 0 Å². The van der Waals surface area contributed by atoms with Crippen molar-refractivity contribution < 1.29 is 14.7 Å². The van der Waals surface area contributed by atoms with Crippen LogP contribution in [0.1, 0.15) is 26.7 Å². The molecule has 5 heteroatoms. The number of hydrogen-bond acceptors (Lipinski definition) is 2. The molecule has 3 N–H and O–H groups in total. The molecule has 2 atom stereocenters. The van der Waals surface area contributed by atoms with Gasteiger partial charge in [0.2, 0.25) is 0 Å². The van der Waals surface area contributed by atoms with Crippen molar-refractivity contribution in [2.45, 2.75) is 32.7 Å². The normalized spacial score (nSPS) is 13.3. The molecule has 0 aromatic carbocycles. The van der Waals surface area contributed by atoms with E-state index >= 15 is 0 Å². The van der Waals surface area contributed by atoms with Crippen molar-refractivity contribution in [3.63, 3.8) is 0 Å². The van der Waals surface area contributed by atoms with Gasteiger partial charge in [-0.2, -0.15) is 0 Å². The quantitative estimate of drug-likeness (QED) is 0.586. The van der Waals surface area contributed by atoms with Crippen molar-refractivity contribution in [2.24, 2.45) is 5.92 Å². The van der Waals surface area contributed by atoms with Crippen LogP contribution in [0, 0.1) is 18.3 Å². The van der Waals surface area contributed by atoms with Crippen LogP contribution in [0.4, 0.5) is 4.79 Å². The number of carboxylic acids is 1. The number of carbonyl (C=O) groups excluding carboxylic acids is 1. The molecule has 0 bridgehead atoms. The van der Waals surface area contributed by atoms with Gasteiger partial charge in [0, 0.05) is 13.0 Å². The first-order chi connectivity index (χ1) is 7.49. The number of carbonyl (C=O) groups is 2. The Labute approximate surface area is 95.6 Å². The van der Waals surface area contributed by atoms with Gasteiger partial charge in [0.1, 0.15) is 0 Å². The number of aliphatic carboxylic acids is 1. The maximum absolute atomic E-state index is 11.3. The minimum absolute atomic E-state index is 0.0344. The second-order valence-electron chi connectivity index (χ2n) is 3.68. The van der Waals surface area contributed by atoms with Gasteiger partial charge in [-0.1, -0.05) is 19.8 Å². The van der Waals surface area contributed by atoms with Gasteiger partial charge in [-0.15, -0.1) is 6.42 Å². The summed E-state index contributed by atoms with van der Waals surface area (Å²) in [5, 5.41) is 13.7. The first-order valence-corrected chi connectivity index (χ1v) is 5.21. The molecule has 0 aliphatic heterocycles. The molecule has 16 heavy (non-hydrogen) atoms. The van der Waals surface area contributed by atoms with E-state index in [4.69, 9.17) is 11.5 Å². The molecule has 0 saturated heterocycles. The highest BCUT2D eigenvalue weighted by Crippen LogP contribution is 1.99. The molecule has 2 amide bonds. The topological polar surface area (TPSA) is 78.4 Å². The van der Waals surface area contributed by atoms with Gasteiger partial charge in [-0.05, 0) is 12.3 Å². The third-order valence-electron chi connectivity index (χ3n) is 2.05. The molecule has 0 heterocycles. The van der Waals surface area contributed by atoms with Crippen molar-refractivity contribution >= 4 is 12.0 Å². The van der Waals surface area contributed by atoms with Crippen LogP contribution in [0.2, 0.25) is 0 Å². The minimum atomic E-state index is -0.871. The molecular weight excluding hydrogens is 208 g/mol. The molecule has 0 spiro atoms. The maximum atomic E-state index is 11.3. The second kappa shape index (κ2) is 7.57. The first kappa shape index (κ1) is 14.3. The summed E-state index contributed by atoms with van der Waals surface area (Å²) in [4.78, 5) is 21.7. The Morgan fingerprint density at radius 2 is 2.12 bits per heavy atom. The van der Waals surface area contributed by atoms with Gasteiger partial charge < -0.3 is 15.7 Å². The highest BCUT2D eigenvalue weighted by Gasteiger charge is 2.10. The predicted octanol–water partition coefficient (Wildman–Crippen LogP) is 0.808. The Morgan fingerprint density at radius 1 is 1.50 bits per heavy atom. The lowest BCUT2D eigenvalue weighted by molar-refractivity contribution is -0.137. The van der Waals surface area contributed by atoms with Crippen LogP contribution in [-0.4, -0.2) is 29.7 Å². The van der Waals surface area contributed by atoms with E-state index in [1.165, 1.54) is 0 Å². The zero-order chi connectivity index (χ0) is 12.6. The van der Waals surface area contributed by atoms with Crippen molar-refractivity contribution in [1.29, 1.82) is 0 Å². The van der Waals surface area contributed by atoms with Gasteiger partial charge in [0.25, 0.3) is 0 Å². The van der Waals surface area contributed by atoms with Gasteiger partial charge in [0.05, 0.1) is 6.04 Å². The fourth-order valence-electron chi connectivity index (χ4n) is 1.11. The number of terminal acetylenes is 1. The molecule has 0 aliphatic carbocycles. The molecule has 5 nitrogen and oxygen atoms in total. The van der Waals surface area contributed by atoms with E-state index in [9.17, 15) is 9.59 Å². The largest absolute Gasteiger partial charge is 0.481 e. The SMILES string of the molecule is C#CC(CC)NC(=O)NCC(C)CC(=O)O. The summed E-state index contributed by atoms with van der Waals surface area (Å²) in [6.07, 6.45) is 5.88. The average Bonchev–Trinajstić information content (AvgIpc) is 2.22. The standard InChI is InChI=1S/C11H18N2O3/c1-4-9(5-2)13-11(16)12-7-8(3)6-10(14)15/h1,8-9H,5-7H2,2-3H3,(H,14,15)(H2,12,13,16). The second-order valence-corrected chi connectivity index (χ2v) is 3.68. The summed E-state index contributed by atoms with van der Waals surface area (Å²) >= 11 is 0. The molecule has 0 aliphatic rings. The van der Waals surface area contributed by atoms with E-state index in [-0.39, 0.29) is 24.4 Å². The lowest BCUT2D eigenvalue weighted by atomic mass is 10.1. The number of rotatable bonds is 6. The predicted molar refractivity (Wildman–Crippen MR) is 60.9 cm³/mol. The number of carboxylic acid groups (broad SMARTS) is 1. The van der Waals surface area contributed by atoms with Gasteiger partial charge >= 0.3 is 12.0 Å². The maximum Gasteiger partial charge on any atom is 0.315 e. The van der Waals surface area contributed by atoms with Crippen LogP contribution < -0.4 is 10.6 Å². The summed E-state index contributed by atoms with van der Waals surface area (Å²) in [7, 11) is 0. The number of hydrogen-bond donors (Lipinski definition) is 3. The van der Waals surface area contributed by atoms with Crippen LogP contribution in [0.5, 0.6) is 0 Å². The molecule has 0 aromatic rings. The third-order valence-corrected chi connectivity index (χ3v) is 2.05. The summed E-state index contributed by atoms with van der Waals surface area (Å²) < 4.78 is 0. The van der Waals surface area contributed by atoms with Crippen LogP contribution >= 0.6 is 0 Å². The fraction of sp³-hybridized carbons (Fsp3) is 0.636. The molecule has 0 radical (unpaired) electrons. The van der Waals surface area contributed by atoms with E-state index in [2.05, 4.69) is 16.6 Å². The van der Waals surface area contributed by atoms with Crippen molar-refractivity contribution in [2.75, 3.05) is 6.54 Å². The molecule has 90 valence electrons. The molecular formula is C11H18N2O3. The summed E-state index contributed by atoms with van der Waals surface area (Å²) in [6, 6.07) is -0.642. The minimum Gasteiger partial charge on any atom is -0.481 e. The Morgan fingerprint density at radius 3 is 2.56 bits per heavy atom. The van der Waals surface area contributed by atoms with E-state index < -0.39 is 5.97 Å². The van der Waals surface area contributed by atoms with Gasteiger partial charge in [-0.3, -0.25) is 4.79 Å². The Hall–Kier alpha value is -1.70. The monoisotopic (exact) mass is 226 g/mol. The van der Waals surface area contributed by atoms with Crippen molar-refractivity contribution in [3.05, 3.63) is 0 Å². The van der Waals surface area contributed by atoms with Crippen molar-refractivity contribution in [3.8, 4) is 12.3 Å². The van der Waals surface area contributed by atoms with E-state index in [0.29, 0.717) is 13.0 Å². The first-order valence-electron chi connectivity index (χ1n) is 5.21. The number of nitrogens with one attached hydrogen (secondary N) is 2. The van der Waals surface area contributed by atoms with Crippen LogP contribution in [0.3, 0.4) is 0 Å². The summed E-state index contributed by atoms with van der Waals surface area (Å²) in [5.74, 6) is 1.46. The fourth-order valence-corrected chi connectivity index (χ4v) is 1.11. The molecule has 0 fully saturated rings. The molecule has 0 rings (SSSR count). The summed E-state index contributed by atoms with van der Waals surface area (Å²) in [5.41, 5.74) is 0. The molecule has 0 saturated carbocycles.